The monoisotopic (exact) mass is 183 g/mol. The first kappa shape index (κ1) is 8.97. The second-order valence-electron chi connectivity index (χ2n) is 4.38. The fourth-order valence-corrected chi connectivity index (χ4v) is 2.43. The molecule has 2 aliphatic heterocycles. The van der Waals surface area contributed by atoms with Gasteiger partial charge in [-0.05, 0) is 19.4 Å². The molecule has 0 radical (unpaired) electrons. The molecule has 4 nitrogen and oxygen atoms in total. The maximum atomic E-state index is 10.7. The Morgan fingerprint density at radius 2 is 2.31 bits per heavy atom. The van der Waals surface area contributed by atoms with Crippen molar-refractivity contribution in [3.63, 3.8) is 0 Å². The van der Waals surface area contributed by atoms with Crippen molar-refractivity contribution in [2.75, 3.05) is 32.7 Å². The van der Waals surface area contributed by atoms with Gasteiger partial charge in [0.05, 0.1) is 6.54 Å². The Kier molecular flexibility index (Phi) is 2.26. The fraction of sp³-hybridized carbons (Fsp3) is 0.889. The van der Waals surface area contributed by atoms with Crippen molar-refractivity contribution in [2.24, 2.45) is 11.1 Å². The number of nitrogens with one attached hydrogen (secondary N) is 1. The molecule has 13 heavy (non-hydrogen) atoms. The SMILES string of the molecule is NC(=O)CN1CCCC2(CNC2)C1. The second-order valence-corrected chi connectivity index (χ2v) is 4.38. The van der Waals surface area contributed by atoms with Crippen molar-refractivity contribution in [3.05, 3.63) is 0 Å². The van der Waals surface area contributed by atoms with E-state index in [0.717, 1.165) is 26.2 Å². The maximum absolute atomic E-state index is 10.7. The number of amides is 1. The molecular formula is C9H17N3O. The van der Waals surface area contributed by atoms with Gasteiger partial charge in [-0.25, -0.2) is 0 Å². The van der Waals surface area contributed by atoms with Crippen LogP contribution in [-0.2, 0) is 4.79 Å². The Bertz CT molecular complexity index is 213. The number of piperidine rings is 1. The lowest BCUT2D eigenvalue weighted by Gasteiger charge is -2.49. The van der Waals surface area contributed by atoms with Crippen LogP contribution in [0, 0.1) is 5.41 Å². The molecule has 2 fully saturated rings. The minimum Gasteiger partial charge on any atom is -0.369 e. The number of nitrogens with two attached hydrogens (primary N) is 1. The van der Waals surface area contributed by atoms with Crippen LogP contribution in [0.15, 0.2) is 0 Å². The van der Waals surface area contributed by atoms with Crippen molar-refractivity contribution in [2.45, 2.75) is 12.8 Å². The van der Waals surface area contributed by atoms with E-state index < -0.39 is 0 Å². The lowest BCUT2D eigenvalue weighted by molar-refractivity contribution is -0.120. The second kappa shape index (κ2) is 3.27. The van der Waals surface area contributed by atoms with Gasteiger partial charge in [0.15, 0.2) is 0 Å². The first-order chi connectivity index (χ1) is 6.20. The number of nitrogens with zero attached hydrogens (tertiary/aromatic N) is 1. The average Bonchev–Trinajstić information content (AvgIpc) is 2.01. The van der Waals surface area contributed by atoms with Gasteiger partial charge >= 0.3 is 0 Å². The molecule has 3 N–H and O–H groups in total. The third kappa shape index (κ3) is 1.84. The van der Waals surface area contributed by atoms with Crippen LogP contribution >= 0.6 is 0 Å². The lowest BCUT2D eigenvalue weighted by Crippen LogP contribution is -2.61. The summed E-state index contributed by atoms with van der Waals surface area (Å²) in [5.74, 6) is -0.204. The van der Waals surface area contributed by atoms with Gasteiger partial charge in [-0.1, -0.05) is 0 Å². The van der Waals surface area contributed by atoms with Crippen LogP contribution in [0.2, 0.25) is 0 Å². The number of primary amides is 1. The van der Waals surface area contributed by atoms with Crippen LogP contribution in [0.4, 0.5) is 0 Å². The first-order valence-corrected chi connectivity index (χ1v) is 4.92. The third-order valence-electron chi connectivity index (χ3n) is 3.12. The molecule has 0 bridgehead atoms. The van der Waals surface area contributed by atoms with Crippen molar-refractivity contribution < 1.29 is 4.79 Å². The van der Waals surface area contributed by atoms with E-state index in [-0.39, 0.29) is 5.91 Å². The summed E-state index contributed by atoms with van der Waals surface area (Å²) in [6.45, 7) is 4.74. The van der Waals surface area contributed by atoms with Crippen LogP contribution in [-0.4, -0.2) is 43.5 Å². The van der Waals surface area contributed by atoms with Crippen LogP contribution in [0.5, 0.6) is 0 Å². The number of hydrogen-bond acceptors (Lipinski definition) is 3. The summed E-state index contributed by atoms with van der Waals surface area (Å²) in [6.07, 6.45) is 2.50. The molecule has 2 aliphatic rings. The predicted molar refractivity (Wildman–Crippen MR) is 50.2 cm³/mol. The maximum Gasteiger partial charge on any atom is 0.231 e. The summed E-state index contributed by atoms with van der Waals surface area (Å²) in [5, 5.41) is 3.30. The number of likely N-dealkylation sites (tertiary alicyclic amines) is 1. The van der Waals surface area contributed by atoms with Crippen LogP contribution in [0.1, 0.15) is 12.8 Å². The molecule has 1 spiro atoms. The molecule has 0 saturated carbocycles. The van der Waals surface area contributed by atoms with E-state index in [1.54, 1.807) is 0 Å². The molecule has 0 atom stereocenters. The topological polar surface area (TPSA) is 58.4 Å². The van der Waals surface area contributed by atoms with E-state index in [0.29, 0.717) is 12.0 Å². The highest BCUT2D eigenvalue weighted by atomic mass is 16.1. The van der Waals surface area contributed by atoms with Gasteiger partial charge in [0, 0.05) is 25.0 Å². The predicted octanol–water partition coefficient (Wildman–Crippen LogP) is -0.843. The summed E-state index contributed by atoms with van der Waals surface area (Å²) < 4.78 is 0. The van der Waals surface area contributed by atoms with Gasteiger partial charge in [-0.3, -0.25) is 9.69 Å². The molecule has 74 valence electrons. The minimum absolute atomic E-state index is 0.204. The Hall–Kier alpha value is -0.610. The van der Waals surface area contributed by atoms with Gasteiger partial charge < -0.3 is 11.1 Å². The highest BCUT2D eigenvalue weighted by Gasteiger charge is 2.40. The lowest BCUT2D eigenvalue weighted by atomic mass is 9.75. The number of rotatable bonds is 2. The Morgan fingerprint density at radius 1 is 1.54 bits per heavy atom. The first-order valence-electron chi connectivity index (χ1n) is 4.92. The fourth-order valence-electron chi connectivity index (χ4n) is 2.43. The molecule has 0 aromatic rings. The standard InChI is InChI=1S/C9H17N3O/c10-8(13)4-12-3-1-2-9(7-12)5-11-6-9/h11H,1-7H2,(H2,10,13). The molecular weight excluding hydrogens is 166 g/mol. The highest BCUT2D eigenvalue weighted by Crippen LogP contribution is 2.33. The Morgan fingerprint density at radius 3 is 2.85 bits per heavy atom. The summed E-state index contributed by atoms with van der Waals surface area (Å²) >= 11 is 0. The summed E-state index contributed by atoms with van der Waals surface area (Å²) in [6, 6.07) is 0. The quantitative estimate of drug-likeness (QED) is 0.586. The molecule has 1 amide bonds. The van der Waals surface area contributed by atoms with E-state index >= 15 is 0 Å². The third-order valence-corrected chi connectivity index (χ3v) is 3.12. The van der Waals surface area contributed by atoms with Gasteiger partial charge in [-0.2, -0.15) is 0 Å². The number of carbonyl (C=O) groups excluding carboxylic acids is 1. The molecule has 2 rings (SSSR count). The molecule has 0 aliphatic carbocycles. The van der Waals surface area contributed by atoms with Gasteiger partial charge in [0.25, 0.3) is 0 Å². The van der Waals surface area contributed by atoms with Crippen molar-refractivity contribution in [3.8, 4) is 0 Å². The van der Waals surface area contributed by atoms with Crippen molar-refractivity contribution in [1.82, 2.24) is 10.2 Å². The largest absolute Gasteiger partial charge is 0.369 e. The van der Waals surface area contributed by atoms with Crippen molar-refractivity contribution >= 4 is 5.91 Å². The molecule has 2 heterocycles. The van der Waals surface area contributed by atoms with E-state index in [1.807, 2.05) is 0 Å². The molecule has 4 heteroatoms. The summed E-state index contributed by atoms with van der Waals surface area (Å²) in [4.78, 5) is 12.9. The van der Waals surface area contributed by atoms with Gasteiger partial charge in [-0.15, -0.1) is 0 Å². The number of carbonyl (C=O) groups is 1. The zero-order valence-electron chi connectivity index (χ0n) is 7.88. The Labute approximate surface area is 78.5 Å². The van der Waals surface area contributed by atoms with Gasteiger partial charge in [0.2, 0.25) is 5.91 Å². The van der Waals surface area contributed by atoms with Crippen molar-refractivity contribution in [1.29, 1.82) is 0 Å². The van der Waals surface area contributed by atoms with Crippen LogP contribution in [0.3, 0.4) is 0 Å². The summed E-state index contributed by atoms with van der Waals surface area (Å²) in [5.41, 5.74) is 5.64. The smallest absolute Gasteiger partial charge is 0.231 e. The summed E-state index contributed by atoms with van der Waals surface area (Å²) in [7, 11) is 0. The minimum atomic E-state index is -0.204. The highest BCUT2D eigenvalue weighted by molar-refractivity contribution is 5.75. The van der Waals surface area contributed by atoms with E-state index in [4.69, 9.17) is 5.73 Å². The van der Waals surface area contributed by atoms with Gasteiger partial charge in [0.1, 0.15) is 0 Å². The zero-order chi connectivity index (χ0) is 9.31. The van der Waals surface area contributed by atoms with E-state index in [2.05, 4.69) is 10.2 Å². The molecule has 0 unspecified atom stereocenters. The normalized spacial score (nSPS) is 27.1. The van der Waals surface area contributed by atoms with Crippen LogP contribution < -0.4 is 11.1 Å². The molecule has 2 saturated heterocycles. The van der Waals surface area contributed by atoms with E-state index in [1.165, 1.54) is 12.8 Å². The molecule has 0 aromatic heterocycles. The van der Waals surface area contributed by atoms with Crippen LogP contribution in [0.25, 0.3) is 0 Å². The average molecular weight is 183 g/mol. The van der Waals surface area contributed by atoms with E-state index in [9.17, 15) is 4.79 Å². The zero-order valence-corrected chi connectivity index (χ0v) is 7.88. The number of hydrogen-bond donors (Lipinski definition) is 2. The molecule has 0 aromatic carbocycles. The Balaban J connectivity index is 1.88.